The minimum atomic E-state index is -0.635. The first-order valence-corrected chi connectivity index (χ1v) is 7.81. The predicted molar refractivity (Wildman–Crippen MR) is 88.8 cm³/mol. The molecule has 2 aromatic carbocycles. The summed E-state index contributed by atoms with van der Waals surface area (Å²) in [5.41, 5.74) is 0.856. The first-order chi connectivity index (χ1) is 10.7. The molecule has 1 N–H and O–H groups in total. The molecule has 116 valence electrons. The maximum absolute atomic E-state index is 12.6. The van der Waals surface area contributed by atoms with Crippen LogP contribution in [0.1, 0.15) is 38.4 Å². The van der Waals surface area contributed by atoms with E-state index < -0.39 is 6.10 Å². The summed E-state index contributed by atoms with van der Waals surface area (Å²) in [5, 5.41) is 3.07. The van der Waals surface area contributed by atoms with Crippen molar-refractivity contribution in [3.63, 3.8) is 0 Å². The molecule has 1 amide bonds. The number of benzene rings is 2. The van der Waals surface area contributed by atoms with Gasteiger partial charge in [0, 0.05) is 11.6 Å². The van der Waals surface area contributed by atoms with Crippen molar-refractivity contribution in [2.45, 2.75) is 38.8 Å². The van der Waals surface area contributed by atoms with Crippen LogP contribution in [0.3, 0.4) is 0 Å². The van der Waals surface area contributed by atoms with Crippen LogP contribution in [0, 0.1) is 0 Å². The highest BCUT2D eigenvalue weighted by Crippen LogP contribution is 2.22. The molecule has 0 aliphatic rings. The highest BCUT2D eigenvalue weighted by atomic mass is 16.5. The summed E-state index contributed by atoms with van der Waals surface area (Å²) in [6.07, 6.45) is 1.19. The average Bonchev–Trinajstić information content (AvgIpc) is 2.59. The number of carbonyl (C=O) groups is 1. The van der Waals surface area contributed by atoms with E-state index in [0.717, 1.165) is 18.4 Å². The number of amides is 1. The Morgan fingerprint density at radius 3 is 2.05 bits per heavy atom. The number of ether oxygens (including phenoxy) is 1. The molecule has 0 heterocycles. The molecule has 22 heavy (non-hydrogen) atoms. The fourth-order valence-corrected chi connectivity index (χ4v) is 2.31. The van der Waals surface area contributed by atoms with Gasteiger partial charge >= 0.3 is 0 Å². The lowest BCUT2D eigenvalue weighted by Gasteiger charge is -2.22. The molecule has 0 aliphatic carbocycles. The Kier molecular flexibility index (Phi) is 6.01. The summed E-state index contributed by atoms with van der Waals surface area (Å²) in [6, 6.07) is 19.2. The van der Waals surface area contributed by atoms with Crippen molar-refractivity contribution < 1.29 is 9.53 Å². The van der Waals surface area contributed by atoms with Gasteiger partial charge in [-0.1, -0.05) is 62.4 Å². The van der Waals surface area contributed by atoms with Gasteiger partial charge in [-0.3, -0.25) is 4.79 Å². The second kappa shape index (κ2) is 8.23. The van der Waals surface area contributed by atoms with Crippen LogP contribution in [0.2, 0.25) is 0 Å². The molecule has 2 rings (SSSR count). The predicted octanol–water partition coefficient (Wildman–Crippen LogP) is 4.11. The molecule has 0 spiro atoms. The van der Waals surface area contributed by atoms with E-state index in [1.165, 1.54) is 0 Å². The lowest BCUT2D eigenvalue weighted by atomic mass is 10.1. The standard InChI is InChI=1S/C19H23NO2/c1-3-16(4-2)20-19(21)18(15-11-7-5-8-12-15)22-17-13-9-6-10-14-17/h5-14,16,18H,3-4H2,1-2H3,(H,20,21). The Morgan fingerprint density at radius 1 is 0.955 bits per heavy atom. The number of nitrogens with one attached hydrogen (secondary N) is 1. The third-order valence-electron chi connectivity index (χ3n) is 3.67. The van der Waals surface area contributed by atoms with Crippen molar-refractivity contribution in [2.24, 2.45) is 0 Å². The van der Waals surface area contributed by atoms with Crippen molar-refractivity contribution in [2.75, 3.05) is 0 Å². The highest BCUT2D eigenvalue weighted by molar-refractivity contribution is 5.82. The minimum Gasteiger partial charge on any atom is -0.476 e. The maximum Gasteiger partial charge on any atom is 0.266 e. The van der Waals surface area contributed by atoms with Gasteiger partial charge in [-0.2, -0.15) is 0 Å². The molecular formula is C19H23NO2. The van der Waals surface area contributed by atoms with E-state index >= 15 is 0 Å². The molecule has 0 fully saturated rings. The van der Waals surface area contributed by atoms with E-state index in [-0.39, 0.29) is 11.9 Å². The van der Waals surface area contributed by atoms with Gasteiger partial charge < -0.3 is 10.1 Å². The summed E-state index contributed by atoms with van der Waals surface area (Å²) in [5.74, 6) is 0.597. The largest absolute Gasteiger partial charge is 0.476 e. The van der Waals surface area contributed by atoms with E-state index in [9.17, 15) is 4.79 Å². The second-order valence-corrected chi connectivity index (χ2v) is 5.24. The Hall–Kier alpha value is -2.29. The molecular weight excluding hydrogens is 274 g/mol. The van der Waals surface area contributed by atoms with Gasteiger partial charge in [-0.15, -0.1) is 0 Å². The number of carbonyl (C=O) groups excluding carboxylic acids is 1. The first kappa shape index (κ1) is 16.1. The fraction of sp³-hybridized carbons (Fsp3) is 0.316. The van der Waals surface area contributed by atoms with E-state index in [1.54, 1.807) is 0 Å². The van der Waals surface area contributed by atoms with E-state index in [0.29, 0.717) is 5.75 Å². The molecule has 3 nitrogen and oxygen atoms in total. The third kappa shape index (κ3) is 4.35. The Bertz CT molecular complexity index is 565. The van der Waals surface area contributed by atoms with Gasteiger partial charge in [0.15, 0.2) is 0 Å². The fourth-order valence-electron chi connectivity index (χ4n) is 2.31. The van der Waals surface area contributed by atoms with Crippen LogP contribution in [0.25, 0.3) is 0 Å². The SMILES string of the molecule is CCC(CC)NC(=O)C(Oc1ccccc1)c1ccccc1. The number of para-hydroxylation sites is 1. The van der Waals surface area contributed by atoms with Crippen LogP contribution in [0.4, 0.5) is 0 Å². The highest BCUT2D eigenvalue weighted by Gasteiger charge is 2.24. The van der Waals surface area contributed by atoms with Gasteiger partial charge in [0.05, 0.1) is 0 Å². The van der Waals surface area contributed by atoms with Crippen LogP contribution in [0.5, 0.6) is 5.75 Å². The topological polar surface area (TPSA) is 38.3 Å². The molecule has 1 atom stereocenters. The average molecular weight is 297 g/mol. The summed E-state index contributed by atoms with van der Waals surface area (Å²) >= 11 is 0. The zero-order valence-electron chi connectivity index (χ0n) is 13.2. The molecule has 3 heteroatoms. The summed E-state index contributed by atoms with van der Waals surface area (Å²) in [6.45, 7) is 4.15. The van der Waals surface area contributed by atoms with Crippen LogP contribution in [-0.2, 0) is 4.79 Å². The van der Waals surface area contributed by atoms with Gasteiger partial charge in [0.1, 0.15) is 5.75 Å². The molecule has 1 unspecified atom stereocenters. The lowest BCUT2D eigenvalue weighted by molar-refractivity contribution is -0.129. The summed E-state index contributed by atoms with van der Waals surface area (Å²) < 4.78 is 5.94. The van der Waals surface area contributed by atoms with Crippen molar-refractivity contribution in [1.29, 1.82) is 0 Å². The van der Waals surface area contributed by atoms with Crippen LogP contribution in [0.15, 0.2) is 60.7 Å². The van der Waals surface area contributed by atoms with Crippen LogP contribution < -0.4 is 10.1 Å². The van der Waals surface area contributed by atoms with E-state index in [1.807, 2.05) is 60.7 Å². The van der Waals surface area contributed by atoms with Gasteiger partial charge in [0.2, 0.25) is 6.10 Å². The van der Waals surface area contributed by atoms with Crippen LogP contribution in [-0.4, -0.2) is 11.9 Å². The monoisotopic (exact) mass is 297 g/mol. The van der Waals surface area contributed by atoms with E-state index in [4.69, 9.17) is 4.74 Å². The molecule has 0 bridgehead atoms. The smallest absolute Gasteiger partial charge is 0.266 e. The maximum atomic E-state index is 12.6. The van der Waals surface area contributed by atoms with Gasteiger partial charge in [-0.05, 0) is 25.0 Å². The quantitative estimate of drug-likeness (QED) is 0.835. The Balaban J connectivity index is 2.20. The number of rotatable bonds is 7. The minimum absolute atomic E-state index is 0.0937. The van der Waals surface area contributed by atoms with E-state index in [2.05, 4.69) is 19.2 Å². The third-order valence-corrected chi connectivity index (χ3v) is 3.67. The normalized spacial score (nSPS) is 12.0. The van der Waals surface area contributed by atoms with Crippen molar-refractivity contribution in [3.05, 3.63) is 66.2 Å². The number of hydrogen-bond donors (Lipinski definition) is 1. The summed E-state index contributed by atoms with van der Waals surface area (Å²) in [4.78, 5) is 12.6. The molecule has 0 aliphatic heterocycles. The Morgan fingerprint density at radius 2 is 1.50 bits per heavy atom. The molecule has 2 aromatic rings. The zero-order valence-corrected chi connectivity index (χ0v) is 13.2. The van der Waals surface area contributed by atoms with Crippen LogP contribution >= 0.6 is 0 Å². The summed E-state index contributed by atoms with van der Waals surface area (Å²) in [7, 11) is 0. The number of hydrogen-bond acceptors (Lipinski definition) is 2. The second-order valence-electron chi connectivity index (χ2n) is 5.24. The molecule has 0 radical (unpaired) electrons. The first-order valence-electron chi connectivity index (χ1n) is 7.81. The van der Waals surface area contributed by atoms with Crippen molar-refractivity contribution in [1.82, 2.24) is 5.32 Å². The molecule has 0 saturated carbocycles. The molecule has 0 saturated heterocycles. The van der Waals surface area contributed by atoms with Crippen molar-refractivity contribution in [3.8, 4) is 5.75 Å². The zero-order chi connectivity index (χ0) is 15.8. The Labute approximate surface area is 132 Å². The molecule has 0 aromatic heterocycles. The lowest BCUT2D eigenvalue weighted by Crippen LogP contribution is -2.39. The van der Waals surface area contributed by atoms with Gasteiger partial charge in [0.25, 0.3) is 5.91 Å². The van der Waals surface area contributed by atoms with Crippen molar-refractivity contribution >= 4 is 5.91 Å². The van der Waals surface area contributed by atoms with Gasteiger partial charge in [-0.25, -0.2) is 0 Å².